The summed E-state index contributed by atoms with van der Waals surface area (Å²) >= 11 is 0. The number of rotatable bonds is 9. The van der Waals surface area contributed by atoms with E-state index in [9.17, 15) is 4.79 Å². The fourth-order valence-electron chi connectivity index (χ4n) is 3.89. The minimum Gasteiger partial charge on any atom is -0.493 e. The van der Waals surface area contributed by atoms with Crippen molar-refractivity contribution >= 4 is 17.3 Å². The Labute approximate surface area is 179 Å². The van der Waals surface area contributed by atoms with Gasteiger partial charge in [0.05, 0.1) is 20.8 Å². The average molecular weight is 413 g/mol. The Bertz CT molecular complexity index is 817. The molecule has 2 aromatic carbocycles. The number of hydrogen-bond donors (Lipinski definition) is 2. The fourth-order valence-corrected chi connectivity index (χ4v) is 3.89. The number of benzene rings is 2. The predicted molar refractivity (Wildman–Crippen MR) is 121 cm³/mol. The highest BCUT2D eigenvalue weighted by Gasteiger charge is 2.14. The van der Waals surface area contributed by atoms with Crippen molar-refractivity contribution in [3.8, 4) is 11.5 Å². The maximum atomic E-state index is 12.5. The van der Waals surface area contributed by atoms with Crippen LogP contribution in [0, 0.1) is 0 Å². The van der Waals surface area contributed by atoms with Crippen LogP contribution in [0.4, 0.5) is 11.4 Å². The summed E-state index contributed by atoms with van der Waals surface area (Å²) in [6.07, 6.45) is 3.84. The molecule has 1 fully saturated rings. The number of carbonyl (C=O) groups is 1. The molecule has 0 radical (unpaired) electrons. The molecule has 6 heteroatoms. The lowest BCUT2D eigenvalue weighted by atomic mass is 10.1. The summed E-state index contributed by atoms with van der Waals surface area (Å²) in [6.45, 7) is 5.91. The van der Waals surface area contributed by atoms with Crippen molar-refractivity contribution in [1.82, 2.24) is 0 Å². The molecule has 6 nitrogen and oxygen atoms in total. The highest BCUT2D eigenvalue weighted by Crippen LogP contribution is 2.27. The van der Waals surface area contributed by atoms with Gasteiger partial charge in [0, 0.05) is 30.0 Å². The Morgan fingerprint density at radius 2 is 1.80 bits per heavy atom. The first-order valence-electron chi connectivity index (χ1n) is 10.8. The highest BCUT2D eigenvalue weighted by molar-refractivity contribution is 5.91. The van der Waals surface area contributed by atoms with Gasteiger partial charge in [0.25, 0.3) is 5.91 Å². The monoisotopic (exact) mass is 412 g/mol. The van der Waals surface area contributed by atoms with E-state index >= 15 is 0 Å². The van der Waals surface area contributed by atoms with Crippen LogP contribution in [0.15, 0.2) is 42.5 Å². The van der Waals surface area contributed by atoms with Crippen LogP contribution in [0.3, 0.4) is 0 Å². The van der Waals surface area contributed by atoms with Gasteiger partial charge in [-0.1, -0.05) is 0 Å². The van der Waals surface area contributed by atoms with Crippen molar-refractivity contribution in [1.29, 1.82) is 0 Å². The first-order valence-corrected chi connectivity index (χ1v) is 10.8. The maximum absolute atomic E-state index is 12.5. The summed E-state index contributed by atoms with van der Waals surface area (Å²) in [6, 6.07) is 14.1. The van der Waals surface area contributed by atoms with Crippen LogP contribution in [0.5, 0.6) is 11.5 Å². The molecule has 0 aromatic heterocycles. The quantitative estimate of drug-likeness (QED) is 0.665. The van der Waals surface area contributed by atoms with Crippen molar-refractivity contribution in [2.75, 3.05) is 50.6 Å². The van der Waals surface area contributed by atoms with Crippen molar-refractivity contribution in [3.63, 3.8) is 0 Å². The molecule has 2 N–H and O–H groups in total. The normalized spacial score (nSPS) is 14.8. The van der Waals surface area contributed by atoms with Crippen LogP contribution >= 0.6 is 0 Å². The van der Waals surface area contributed by atoms with Gasteiger partial charge in [-0.25, -0.2) is 0 Å². The lowest BCUT2D eigenvalue weighted by Gasteiger charge is -2.28. The third-order valence-electron chi connectivity index (χ3n) is 5.37. The minimum absolute atomic E-state index is 0.0103. The van der Waals surface area contributed by atoms with Crippen LogP contribution in [0.1, 0.15) is 31.7 Å². The number of piperidine rings is 1. The number of methoxy groups -OCH3 is 1. The summed E-state index contributed by atoms with van der Waals surface area (Å²) < 4.78 is 11.0. The molecule has 1 heterocycles. The molecule has 1 atom stereocenters. The number of anilines is 2. The second-order valence-electron chi connectivity index (χ2n) is 7.87. The third-order valence-corrected chi connectivity index (χ3v) is 5.37. The van der Waals surface area contributed by atoms with Crippen molar-refractivity contribution in [2.45, 2.75) is 32.7 Å². The van der Waals surface area contributed by atoms with Crippen molar-refractivity contribution in [2.24, 2.45) is 0 Å². The number of nitrogens with one attached hydrogen (secondary N) is 2. The van der Waals surface area contributed by atoms with E-state index in [4.69, 9.17) is 9.47 Å². The van der Waals surface area contributed by atoms with Gasteiger partial charge in [-0.2, -0.15) is 0 Å². The summed E-state index contributed by atoms with van der Waals surface area (Å²) in [7, 11) is 3.66. The third kappa shape index (κ3) is 6.13. The van der Waals surface area contributed by atoms with Gasteiger partial charge in [0.15, 0.2) is 18.0 Å². The number of quaternary nitrogens is 1. The lowest BCUT2D eigenvalue weighted by Crippen LogP contribution is -3.08. The molecule has 0 bridgehead atoms. The predicted octanol–water partition coefficient (Wildman–Crippen LogP) is 2.74. The molecule has 1 unspecified atom stereocenters. The number of ether oxygens (including phenoxy) is 2. The topological polar surface area (TPSA) is 55.2 Å². The van der Waals surface area contributed by atoms with E-state index in [0.29, 0.717) is 13.2 Å². The fraction of sp³-hybridized carbons (Fsp3) is 0.458. The Morgan fingerprint density at radius 3 is 2.47 bits per heavy atom. The van der Waals surface area contributed by atoms with Crippen molar-refractivity contribution < 1.29 is 19.2 Å². The average Bonchev–Trinajstić information content (AvgIpc) is 2.76. The Balaban J connectivity index is 1.50. The van der Waals surface area contributed by atoms with Gasteiger partial charge in [-0.3, -0.25) is 4.79 Å². The molecule has 0 spiro atoms. The molecule has 30 heavy (non-hydrogen) atoms. The van der Waals surface area contributed by atoms with Crippen LogP contribution in [-0.2, 0) is 11.3 Å². The molecule has 162 valence electrons. The van der Waals surface area contributed by atoms with Crippen LogP contribution < -0.4 is 24.6 Å². The molecule has 1 amide bonds. The molecule has 1 saturated heterocycles. The Hall–Kier alpha value is -2.73. The van der Waals surface area contributed by atoms with E-state index < -0.39 is 0 Å². The van der Waals surface area contributed by atoms with Gasteiger partial charge in [0.1, 0.15) is 6.54 Å². The Kier molecular flexibility index (Phi) is 7.97. The standard InChI is InChI=1S/C24H33N3O3/c1-4-30-22-13-8-19(16-23(22)29-3)17-26(2)18-24(28)25-20-9-11-21(12-10-20)27-14-6-5-7-15-27/h8-13,16H,4-7,14-15,17-18H2,1-3H3,(H,25,28)/p+1. The van der Waals surface area contributed by atoms with Crippen LogP contribution in [-0.4, -0.2) is 46.3 Å². The molecule has 0 aliphatic carbocycles. The molecular weight excluding hydrogens is 378 g/mol. The van der Waals surface area contributed by atoms with E-state index in [1.165, 1.54) is 24.9 Å². The first kappa shape index (κ1) is 22.0. The molecule has 1 aliphatic rings. The number of amides is 1. The van der Waals surface area contributed by atoms with Gasteiger partial charge >= 0.3 is 0 Å². The maximum Gasteiger partial charge on any atom is 0.279 e. The first-order chi connectivity index (χ1) is 14.6. The Morgan fingerprint density at radius 1 is 1.07 bits per heavy atom. The smallest absolute Gasteiger partial charge is 0.279 e. The van der Waals surface area contributed by atoms with E-state index in [1.54, 1.807) is 7.11 Å². The van der Waals surface area contributed by atoms with Crippen LogP contribution in [0.2, 0.25) is 0 Å². The van der Waals surface area contributed by atoms with Gasteiger partial charge in [-0.15, -0.1) is 0 Å². The number of likely N-dealkylation sites (N-methyl/N-ethyl adjacent to an activating group) is 1. The summed E-state index contributed by atoms with van der Waals surface area (Å²) in [5.41, 5.74) is 3.18. The van der Waals surface area contributed by atoms with E-state index in [2.05, 4.69) is 22.3 Å². The highest BCUT2D eigenvalue weighted by atomic mass is 16.5. The van der Waals surface area contributed by atoms with Gasteiger partial charge < -0.3 is 24.6 Å². The van der Waals surface area contributed by atoms with Crippen molar-refractivity contribution in [3.05, 3.63) is 48.0 Å². The number of hydrogen-bond acceptors (Lipinski definition) is 4. The largest absolute Gasteiger partial charge is 0.493 e. The number of nitrogens with zero attached hydrogens (tertiary/aromatic N) is 1. The molecule has 2 aromatic rings. The second kappa shape index (κ2) is 10.9. The SMILES string of the molecule is CCOc1ccc(C[NH+](C)CC(=O)Nc2ccc(N3CCCCC3)cc2)cc1OC. The molecule has 3 rings (SSSR count). The zero-order valence-electron chi connectivity index (χ0n) is 18.4. The molecular formula is C24H34N3O3+. The number of carbonyl (C=O) groups excluding carboxylic acids is 1. The molecule has 0 saturated carbocycles. The van der Waals surface area contributed by atoms with E-state index in [-0.39, 0.29) is 5.91 Å². The molecule has 1 aliphatic heterocycles. The van der Waals surface area contributed by atoms with E-state index in [0.717, 1.165) is 47.3 Å². The summed E-state index contributed by atoms with van der Waals surface area (Å²) in [5, 5.41) is 3.01. The minimum atomic E-state index is 0.0103. The lowest BCUT2D eigenvalue weighted by molar-refractivity contribution is -0.885. The summed E-state index contributed by atoms with van der Waals surface area (Å²) in [5.74, 6) is 1.48. The second-order valence-corrected chi connectivity index (χ2v) is 7.87. The zero-order chi connectivity index (χ0) is 21.3. The van der Waals surface area contributed by atoms with Gasteiger partial charge in [-0.05, 0) is 68.7 Å². The van der Waals surface area contributed by atoms with E-state index in [1.807, 2.05) is 44.3 Å². The van der Waals surface area contributed by atoms with Crippen LogP contribution in [0.25, 0.3) is 0 Å². The van der Waals surface area contributed by atoms with Gasteiger partial charge in [0.2, 0.25) is 0 Å². The zero-order valence-corrected chi connectivity index (χ0v) is 18.4. The summed E-state index contributed by atoms with van der Waals surface area (Å²) in [4.78, 5) is 16.0.